The van der Waals surface area contributed by atoms with Crippen molar-refractivity contribution in [3.63, 3.8) is 0 Å². The zero-order valence-corrected chi connectivity index (χ0v) is 13.7. The number of hydrogen-bond acceptors (Lipinski definition) is 3. The van der Waals surface area contributed by atoms with E-state index in [9.17, 15) is 14.7 Å². The lowest BCUT2D eigenvalue weighted by atomic mass is 10.0. The third kappa shape index (κ3) is 2.67. The van der Waals surface area contributed by atoms with E-state index in [4.69, 9.17) is 4.74 Å². The molecule has 0 atom stereocenters. The summed E-state index contributed by atoms with van der Waals surface area (Å²) in [5.74, 6) is -1.66. The maximum absolute atomic E-state index is 12.8. The van der Waals surface area contributed by atoms with Crippen LogP contribution in [0.1, 0.15) is 20.7 Å². The Balaban J connectivity index is 1.85. The van der Waals surface area contributed by atoms with E-state index in [1.165, 1.54) is 6.07 Å². The van der Waals surface area contributed by atoms with Gasteiger partial charge in [-0.05, 0) is 28.3 Å². The number of carbonyl (C=O) groups excluding carboxylic acids is 1. The molecule has 0 saturated heterocycles. The third-order valence-corrected chi connectivity index (χ3v) is 4.31. The summed E-state index contributed by atoms with van der Waals surface area (Å²) in [7, 11) is 0. The van der Waals surface area contributed by atoms with Crippen molar-refractivity contribution in [2.24, 2.45) is 0 Å². The quantitative estimate of drug-likeness (QED) is 0.424. The lowest BCUT2D eigenvalue weighted by Crippen LogP contribution is -2.12. The van der Waals surface area contributed by atoms with Crippen molar-refractivity contribution in [3.05, 3.63) is 90.0 Å². The molecule has 0 aliphatic heterocycles. The second-order valence-corrected chi connectivity index (χ2v) is 5.88. The molecule has 0 radical (unpaired) electrons. The summed E-state index contributed by atoms with van der Waals surface area (Å²) < 4.78 is 5.59. The predicted molar refractivity (Wildman–Crippen MR) is 99.8 cm³/mol. The molecular formula is C22H14O4. The van der Waals surface area contributed by atoms with Gasteiger partial charge in [-0.2, -0.15) is 0 Å². The second kappa shape index (κ2) is 6.33. The van der Waals surface area contributed by atoms with Gasteiger partial charge in [-0.3, -0.25) is 0 Å². The van der Waals surface area contributed by atoms with Gasteiger partial charge in [-0.15, -0.1) is 0 Å². The first-order chi connectivity index (χ1) is 12.6. The van der Waals surface area contributed by atoms with Gasteiger partial charge in [-0.1, -0.05) is 66.7 Å². The number of carbonyl (C=O) groups is 2. The van der Waals surface area contributed by atoms with Gasteiger partial charge in [-0.25, -0.2) is 9.59 Å². The molecule has 0 aliphatic rings. The number of carboxylic acid groups (broad SMARTS) is 1. The molecule has 0 heterocycles. The SMILES string of the molecule is O=C(O)c1ccc2ccccc2c1OC(=O)c1cccc2ccccc12. The highest BCUT2D eigenvalue weighted by Gasteiger charge is 2.20. The molecule has 1 N–H and O–H groups in total. The monoisotopic (exact) mass is 342 g/mol. The Morgan fingerprint density at radius 2 is 1.27 bits per heavy atom. The Labute approximate surface area is 149 Å². The number of aromatic carboxylic acids is 1. The molecule has 0 fully saturated rings. The van der Waals surface area contributed by atoms with E-state index in [0.717, 1.165) is 16.2 Å². The number of esters is 1. The van der Waals surface area contributed by atoms with Crippen molar-refractivity contribution in [1.82, 2.24) is 0 Å². The number of hydrogen-bond donors (Lipinski definition) is 1. The zero-order valence-electron chi connectivity index (χ0n) is 13.7. The van der Waals surface area contributed by atoms with Gasteiger partial charge in [0.15, 0.2) is 5.75 Å². The lowest BCUT2D eigenvalue weighted by Gasteiger charge is -2.12. The van der Waals surface area contributed by atoms with Crippen LogP contribution in [-0.2, 0) is 0 Å². The largest absolute Gasteiger partial charge is 0.478 e. The van der Waals surface area contributed by atoms with Crippen LogP contribution in [0.15, 0.2) is 78.9 Å². The summed E-state index contributed by atoms with van der Waals surface area (Å²) in [5.41, 5.74) is 0.352. The van der Waals surface area contributed by atoms with Crippen molar-refractivity contribution in [2.75, 3.05) is 0 Å². The van der Waals surface area contributed by atoms with E-state index in [0.29, 0.717) is 10.9 Å². The number of benzene rings is 4. The fraction of sp³-hybridized carbons (Fsp3) is 0. The fourth-order valence-electron chi connectivity index (χ4n) is 3.07. The van der Waals surface area contributed by atoms with Crippen molar-refractivity contribution < 1.29 is 19.4 Å². The molecule has 0 unspecified atom stereocenters. The first-order valence-corrected chi connectivity index (χ1v) is 8.10. The van der Waals surface area contributed by atoms with Gasteiger partial charge in [0.1, 0.15) is 5.56 Å². The van der Waals surface area contributed by atoms with Crippen molar-refractivity contribution >= 4 is 33.5 Å². The minimum absolute atomic E-state index is 0.0442. The third-order valence-electron chi connectivity index (χ3n) is 4.31. The molecule has 0 aliphatic carbocycles. The van der Waals surface area contributed by atoms with E-state index in [1.54, 1.807) is 30.3 Å². The maximum Gasteiger partial charge on any atom is 0.344 e. The van der Waals surface area contributed by atoms with Crippen LogP contribution in [0.3, 0.4) is 0 Å². The molecule has 0 bridgehead atoms. The molecule has 0 aromatic heterocycles. The molecule has 4 aromatic carbocycles. The van der Waals surface area contributed by atoms with E-state index in [2.05, 4.69) is 0 Å². The summed E-state index contributed by atoms with van der Waals surface area (Å²) in [6, 6.07) is 23.2. The van der Waals surface area contributed by atoms with E-state index in [-0.39, 0.29) is 11.3 Å². The Morgan fingerprint density at radius 1 is 0.654 bits per heavy atom. The molecule has 4 rings (SSSR count). The van der Waals surface area contributed by atoms with Crippen molar-refractivity contribution in [1.29, 1.82) is 0 Å². The highest BCUT2D eigenvalue weighted by Crippen LogP contribution is 2.31. The lowest BCUT2D eigenvalue weighted by molar-refractivity contribution is 0.0683. The van der Waals surface area contributed by atoms with E-state index in [1.807, 2.05) is 42.5 Å². The second-order valence-electron chi connectivity index (χ2n) is 5.88. The number of carboxylic acids is 1. The predicted octanol–water partition coefficient (Wildman–Crippen LogP) is 4.91. The Morgan fingerprint density at radius 3 is 2.00 bits per heavy atom. The average Bonchev–Trinajstić information content (AvgIpc) is 2.67. The standard InChI is InChI=1S/C22H14O4/c23-21(24)19-13-12-15-7-2-4-10-17(15)20(19)26-22(25)18-11-5-8-14-6-1-3-9-16(14)18/h1-13H,(H,23,24). The van der Waals surface area contributed by atoms with Gasteiger partial charge in [0.25, 0.3) is 0 Å². The average molecular weight is 342 g/mol. The number of rotatable bonds is 3. The highest BCUT2D eigenvalue weighted by atomic mass is 16.5. The summed E-state index contributed by atoms with van der Waals surface area (Å²) in [5, 5.41) is 12.6. The van der Waals surface area contributed by atoms with Crippen LogP contribution < -0.4 is 4.74 Å². The van der Waals surface area contributed by atoms with E-state index >= 15 is 0 Å². The zero-order chi connectivity index (χ0) is 18.1. The van der Waals surface area contributed by atoms with E-state index < -0.39 is 11.9 Å². The fourth-order valence-corrected chi connectivity index (χ4v) is 3.07. The van der Waals surface area contributed by atoms with Crippen molar-refractivity contribution in [3.8, 4) is 5.75 Å². The summed E-state index contributed by atoms with van der Waals surface area (Å²) >= 11 is 0. The first kappa shape index (κ1) is 15.8. The topological polar surface area (TPSA) is 63.6 Å². The smallest absolute Gasteiger partial charge is 0.344 e. The van der Waals surface area contributed by atoms with Crippen LogP contribution in [0.25, 0.3) is 21.5 Å². The molecule has 0 saturated carbocycles. The maximum atomic E-state index is 12.8. The Kier molecular flexibility index (Phi) is 3.86. The van der Waals surface area contributed by atoms with Gasteiger partial charge < -0.3 is 9.84 Å². The minimum atomic E-state index is -1.14. The summed E-state index contributed by atoms with van der Waals surface area (Å²) in [4.78, 5) is 24.4. The van der Waals surface area contributed by atoms with Gasteiger partial charge in [0, 0.05) is 5.39 Å². The number of ether oxygens (including phenoxy) is 1. The molecule has 126 valence electrons. The van der Waals surface area contributed by atoms with Crippen LogP contribution in [0.4, 0.5) is 0 Å². The van der Waals surface area contributed by atoms with Crippen LogP contribution in [0.2, 0.25) is 0 Å². The normalized spacial score (nSPS) is 10.8. The van der Waals surface area contributed by atoms with Crippen LogP contribution >= 0.6 is 0 Å². The highest BCUT2D eigenvalue weighted by molar-refractivity contribution is 6.08. The minimum Gasteiger partial charge on any atom is -0.478 e. The molecule has 4 heteroatoms. The van der Waals surface area contributed by atoms with Crippen molar-refractivity contribution in [2.45, 2.75) is 0 Å². The molecule has 4 aromatic rings. The number of fused-ring (bicyclic) bond motifs is 2. The molecule has 4 nitrogen and oxygen atoms in total. The summed E-state index contributed by atoms with van der Waals surface area (Å²) in [6.45, 7) is 0. The van der Waals surface area contributed by atoms with Gasteiger partial charge >= 0.3 is 11.9 Å². The molecular weight excluding hydrogens is 328 g/mol. The van der Waals surface area contributed by atoms with Crippen LogP contribution in [-0.4, -0.2) is 17.0 Å². The Bertz CT molecular complexity index is 1160. The van der Waals surface area contributed by atoms with Gasteiger partial charge in [0.05, 0.1) is 5.56 Å². The van der Waals surface area contributed by atoms with Gasteiger partial charge in [0.2, 0.25) is 0 Å². The summed E-state index contributed by atoms with van der Waals surface area (Å²) in [6.07, 6.45) is 0. The molecule has 0 amide bonds. The molecule has 0 spiro atoms. The first-order valence-electron chi connectivity index (χ1n) is 8.10. The molecule has 26 heavy (non-hydrogen) atoms. The Hall–Kier alpha value is -3.66. The van der Waals surface area contributed by atoms with Crippen LogP contribution in [0.5, 0.6) is 5.75 Å². The van der Waals surface area contributed by atoms with Crippen LogP contribution in [0, 0.1) is 0 Å².